The normalized spacial score (nSPS) is 44.0. The molecule has 0 spiro atoms. The number of hydrogen-bond acceptors (Lipinski definition) is 3. The molecule has 0 aromatic rings. The van der Waals surface area contributed by atoms with Crippen LogP contribution in [-0.4, -0.2) is 11.6 Å². The summed E-state index contributed by atoms with van der Waals surface area (Å²) in [6.45, 7) is 9.79. The van der Waals surface area contributed by atoms with Gasteiger partial charge in [-0.05, 0) is 24.7 Å². The van der Waals surface area contributed by atoms with Crippen LogP contribution in [0.2, 0.25) is 0 Å². The number of Topliss-reactive ketones (excluding diaryl/α,β-unsaturated/α-hetero) is 2. The molecule has 2 saturated carbocycles. The fourth-order valence-corrected chi connectivity index (χ4v) is 4.04. The van der Waals surface area contributed by atoms with Crippen LogP contribution < -0.4 is 0 Å². The van der Waals surface area contributed by atoms with Crippen molar-refractivity contribution in [3.05, 3.63) is 0 Å². The highest BCUT2D eigenvalue weighted by Crippen LogP contribution is 2.65. The number of hydrogen-bond donors (Lipinski definition) is 0. The molecule has 2 unspecified atom stereocenters. The number of nitrogens with zero attached hydrogens (tertiary/aromatic N) is 1. The monoisotopic (exact) mass is 247 g/mol. The SMILES string of the molecule is CC1C(=O)C(C)[C@]2(C#N)[C@@H](C[C@H]2C(C)(C)C)C1=O. The van der Waals surface area contributed by atoms with Crippen LogP contribution in [0.1, 0.15) is 41.0 Å². The summed E-state index contributed by atoms with van der Waals surface area (Å²) in [5.41, 5.74) is -0.791. The Morgan fingerprint density at radius 3 is 2.22 bits per heavy atom. The largest absolute Gasteiger partial charge is 0.299 e. The molecule has 3 nitrogen and oxygen atoms in total. The Morgan fingerprint density at radius 1 is 1.22 bits per heavy atom. The van der Waals surface area contributed by atoms with Gasteiger partial charge in [-0.25, -0.2) is 0 Å². The molecule has 0 aromatic heterocycles. The van der Waals surface area contributed by atoms with E-state index in [1.807, 2.05) is 6.92 Å². The standard InChI is InChI=1S/C15H21NO2/c1-8-12(17)9(2)15(7-16)10(13(8)18)6-11(15)14(3,4)5/h8-11H,6H2,1-5H3/t8?,9?,10-,11-,15+/m0/s1. The van der Waals surface area contributed by atoms with E-state index in [1.165, 1.54) is 0 Å². The summed E-state index contributed by atoms with van der Waals surface area (Å²) in [6, 6.07) is 2.36. The van der Waals surface area contributed by atoms with Crippen LogP contribution in [0, 0.1) is 45.8 Å². The van der Waals surface area contributed by atoms with E-state index in [2.05, 4.69) is 26.8 Å². The fraction of sp³-hybridized carbons (Fsp3) is 0.800. The molecule has 0 amide bonds. The lowest BCUT2D eigenvalue weighted by atomic mass is 9.39. The van der Waals surface area contributed by atoms with E-state index in [-0.39, 0.29) is 34.7 Å². The number of fused-ring (bicyclic) bond motifs is 1. The number of carbonyl (C=O) groups is 2. The van der Waals surface area contributed by atoms with Gasteiger partial charge in [0.05, 0.1) is 17.4 Å². The minimum atomic E-state index is -0.751. The van der Waals surface area contributed by atoms with Crippen LogP contribution in [0.4, 0.5) is 0 Å². The molecule has 0 N–H and O–H groups in total. The second kappa shape index (κ2) is 3.66. The van der Waals surface area contributed by atoms with E-state index < -0.39 is 11.3 Å². The molecule has 2 rings (SSSR count). The molecule has 2 aliphatic rings. The van der Waals surface area contributed by atoms with E-state index in [9.17, 15) is 14.9 Å². The lowest BCUT2D eigenvalue weighted by molar-refractivity contribution is -0.173. The summed E-state index contributed by atoms with van der Waals surface area (Å²) in [7, 11) is 0. The van der Waals surface area contributed by atoms with Crippen molar-refractivity contribution in [1.82, 2.24) is 0 Å². The van der Waals surface area contributed by atoms with Crippen LogP contribution in [-0.2, 0) is 9.59 Å². The van der Waals surface area contributed by atoms with Gasteiger partial charge in [0.2, 0.25) is 0 Å². The fourth-order valence-electron chi connectivity index (χ4n) is 4.04. The zero-order chi connectivity index (χ0) is 13.9. The van der Waals surface area contributed by atoms with Gasteiger partial charge in [0.1, 0.15) is 11.6 Å². The molecule has 2 aliphatic carbocycles. The van der Waals surface area contributed by atoms with Crippen molar-refractivity contribution in [3.8, 4) is 6.07 Å². The van der Waals surface area contributed by atoms with Gasteiger partial charge in [0.15, 0.2) is 0 Å². The Balaban J connectivity index is 2.48. The lowest BCUT2D eigenvalue weighted by Crippen LogP contribution is -2.65. The molecule has 0 radical (unpaired) electrons. The van der Waals surface area contributed by atoms with E-state index in [0.717, 1.165) is 6.42 Å². The van der Waals surface area contributed by atoms with Crippen LogP contribution in [0.15, 0.2) is 0 Å². The Labute approximate surface area is 109 Å². The molecule has 98 valence electrons. The van der Waals surface area contributed by atoms with Crippen molar-refractivity contribution < 1.29 is 9.59 Å². The van der Waals surface area contributed by atoms with Crippen LogP contribution >= 0.6 is 0 Å². The lowest BCUT2D eigenvalue weighted by Gasteiger charge is -2.61. The maximum atomic E-state index is 12.2. The number of carbonyl (C=O) groups excluding carboxylic acids is 2. The van der Waals surface area contributed by atoms with Crippen molar-refractivity contribution in [2.45, 2.75) is 41.0 Å². The molecule has 5 atom stereocenters. The highest BCUT2D eigenvalue weighted by molar-refractivity contribution is 6.08. The number of nitriles is 1. The summed E-state index contributed by atoms with van der Waals surface area (Å²) >= 11 is 0. The Morgan fingerprint density at radius 2 is 1.78 bits per heavy atom. The first kappa shape index (κ1) is 13.3. The smallest absolute Gasteiger partial charge is 0.147 e. The molecule has 3 heteroatoms. The third kappa shape index (κ3) is 1.35. The van der Waals surface area contributed by atoms with Crippen molar-refractivity contribution in [1.29, 1.82) is 5.26 Å². The first-order valence-electron chi connectivity index (χ1n) is 6.66. The predicted octanol–water partition coefficient (Wildman–Crippen LogP) is 2.60. The topological polar surface area (TPSA) is 57.9 Å². The molecule has 2 fully saturated rings. The maximum Gasteiger partial charge on any atom is 0.147 e. The van der Waals surface area contributed by atoms with E-state index in [1.54, 1.807) is 6.92 Å². The summed E-state index contributed by atoms with van der Waals surface area (Å²) in [6.07, 6.45) is 0.762. The minimum absolute atomic E-state index is 0.0137. The van der Waals surface area contributed by atoms with Crippen LogP contribution in [0.3, 0.4) is 0 Å². The molecule has 18 heavy (non-hydrogen) atoms. The van der Waals surface area contributed by atoms with Crippen molar-refractivity contribution in [2.75, 3.05) is 0 Å². The van der Waals surface area contributed by atoms with Gasteiger partial charge < -0.3 is 0 Å². The predicted molar refractivity (Wildman–Crippen MR) is 67.4 cm³/mol. The van der Waals surface area contributed by atoms with Crippen molar-refractivity contribution >= 4 is 11.6 Å². The van der Waals surface area contributed by atoms with E-state index in [0.29, 0.717) is 0 Å². The van der Waals surface area contributed by atoms with Gasteiger partial charge in [0, 0.05) is 11.8 Å². The maximum absolute atomic E-state index is 12.2. The zero-order valence-corrected chi connectivity index (χ0v) is 11.8. The summed E-state index contributed by atoms with van der Waals surface area (Å²) in [4.78, 5) is 24.4. The van der Waals surface area contributed by atoms with Gasteiger partial charge in [-0.3, -0.25) is 9.59 Å². The minimum Gasteiger partial charge on any atom is -0.299 e. The molecular formula is C15H21NO2. The molecular weight excluding hydrogens is 226 g/mol. The van der Waals surface area contributed by atoms with Gasteiger partial charge in [-0.2, -0.15) is 5.26 Å². The quantitative estimate of drug-likeness (QED) is 0.618. The molecule has 0 saturated heterocycles. The second-order valence-corrected chi connectivity index (χ2v) is 7.00. The van der Waals surface area contributed by atoms with Gasteiger partial charge in [-0.15, -0.1) is 0 Å². The Kier molecular flexibility index (Phi) is 2.70. The zero-order valence-electron chi connectivity index (χ0n) is 11.8. The van der Waals surface area contributed by atoms with Crippen LogP contribution in [0.25, 0.3) is 0 Å². The number of ketones is 2. The molecule has 0 aromatic carbocycles. The first-order chi connectivity index (χ1) is 8.17. The third-order valence-electron chi connectivity index (χ3n) is 5.20. The highest BCUT2D eigenvalue weighted by atomic mass is 16.2. The second-order valence-electron chi connectivity index (χ2n) is 7.00. The summed E-state index contributed by atoms with van der Waals surface area (Å²) in [5.74, 6) is -0.998. The number of rotatable bonds is 0. The highest BCUT2D eigenvalue weighted by Gasteiger charge is 2.68. The van der Waals surface area contributed by atoms with Crippen LogP contribution in [0.5, 0.6) is 0 Å². The molecule has 0 bridgehead atoms. The van der Waals surface area contributed by atoms with Crippen molar-refractivity contribution in [3.63, 3.8) is 0 Å². The summed E-state index contributed by atoms with van der Waals surface area (Å²) in [5, 5.41) is 9.64. The van der Waals surface area contributed by atoms with Gasteiger partial charge in [0.25, 0.3) is 0 Å². The molecule has 0 aliphatic heterocycles. The van der Waals surface area contributed by atoms with Gasteiger partial charge in [-0.1, -0.05) is 27.7 Å². The van der Waals surface area contributed by atoms with Gasteiger partial charge >= 0.3 is 0 Å². The third-order valence-corrected chi connectivity index (χ3v) is 5.20. The summed E-state index contributed by atoms with van der Waals surface area (Å²) < 4.78 is 0. The van der Waals surface area contributed by atoms with Crippen molar-refractivity contribution in [2.24, 2.45) is 34.5 Å². The Hall–Kier alpha value is -1.17. The Bertz CT molecular complexity index is 434. The first-order valence-corrected chi connectivity index (χ1v) is 6.66. The van der Waals surface area contributed by atoms with E-state index in [4.69, 9.17) is 0 Å². The average Bonchev–Trinajstić information content (AvgIpc) is 2.23. The molecule has 0 heterocycles. The average molecular weight is 247 g/mol. The van der Waals surface area contributed by atoms with E-state index >= 15 is 0 Å².